The van der Waals surface area contributed by atoms with Crippen molar-refractivity contribution in [2.45, 2.75) is 25.9 Å². The largest absolute Gasteiger partial charge is 0.388 e. The van der Waals surface area contributed by atoms with Crippen molar-refractivity contribution in [1.29, 1.82) is 0 Å². The van der Waals surface area contributed by atoms with E-state index in [-0.39, 0.29) is 5.69 Å². The number of non-ortho nitro benzene ring substituents is 1. The molecule has 20 heavy (non-hydrogen) atoms. The molecule has 2 N–H and O–H groups in total. The molecule has 0 saturated carbocycles. The van der Waals surface area contributed by atoms with Crippen molar-refractivity contribution in [2.75, 3.05) is 11.9 Å². The number of hydrogen-bond acceptors (Lipinski definition) is 5. The first kappa shape index (κ1) is 14.2. The molecule has 2 aromatic rings. The van der Waals surface area contributed by atoms with E-state index in [4.69, 9.17) is 0 Å². The molecule has 0 bridgehead atoms. The van der Waals surface area contributed by atoms with Gasteiger partial charge in [-0.25, -0.2) is 0 Å². The van der Waals surface area contributed by atoms with Gasteiger partial charge < -0.3 is 10.4 Å². The van der Waals surface area contributed by atoms with Crippen molar-refractivity contribution in [3.63, 3.8) is 0 Å². The molecule has 0 aliphatic carbocycles. The van der Waals surface area contributed by atoms with E-state index in [9.17, 15) is 15.2 Å². The third kappa shape index (κ3) is 2.85. The number of nitro groups is 1. The summed E-state index contributed by atoms with van der Waals surface area (Å²) >= 11 is 0. The van der Waals surface area contributed by atoms with Gasteiger partial charge in [-0.15, -0.1) is 0 Å². The third-order valence-corrected chi connectivity index (χ3v) is 3.36. The van der Waals surface area contributed by atoms with Crippen LogP contribution in [-0.4, -0.2) is 27.2 Å². The molecule has 0 fully saturated rings. The van der Waals surface area contributed by atoms with Gasteiger partial charge in [-0.05, 0) is 31.5 Å². The van der Waals surface area contributed by atoms with Gasteiger partial charge in [0.2, 0.25) is 0 Å². The molecule has 0 radical (unpaired) electrons. The molecule has 0 saturated heterocycles. The average Bonchev–Trinajstić information content (AvgIpc) is 2.44. The molecule has 0 unspecified atom stereocenters. The summed E-state index contributed by atoms with van der Waals surface area (Å²) in [5.41, 5.74) is 0.414. The normalized spacial score (nSPS) is 13.9. The van der Waals surface area contributed by atoms with E-state index in [1.807, 2.05) is 6.92 Å². The second-order valence-electron chi connectivity index (χ2n) is 4.99. The van der Waals surface area contributed by atoms with E-state index in [0.29, 0.717) is 29.6 Å². The fourth-order valence-corrected chi connectivity index (χ4v) is 1.87. The van der Waals surface area contributed by atoms with Crippen LogP contribution in [0.3, 0.4) is 0 Å². The summed E-state index contributed by atoms with van der Waals surface area (Å²) in [5, 5.41) is 24.6. The molecule has 1 heterocycles. The Morgan fingerprint density at radius 1 is 1.45 bits per heavy atom. The lowest BCUT2D eigenvalue weighted by molar-refractivity contribution is -0.383. The van der Waals surface area contributed by atoms with Gasteiger partial charge in [0.15, 0.2) is 0 Å². The Morgan fingerprint density at radius 3 is 2.85 bits per heavy atom. The number of benzene rings is 1. The molecule has 1 atom stereocenters. The quantitative estimate of drug-likeness (QED) is 0.647. The lowest BCUT2D eigenvalue weighted by Gasteiger charge is -2.22. The maximum absolute atomic E-state index is 11.0. The zero-order valence-electron chi connectivity index (χ0n) is 11.5. The van der Waals surface area contributed by atoms with Crippen LogP contribution < -0.4 is 5.32 Å². The van der Waals surface area contributed by atoms with E-state index < -0.39 is 10.5 Å². The Labute approximate surface area is 116 Å². The van der Waals surface area contributed by atoms with Crippen LogP contribution in [0, 0.1) is 10.1 Å². The van der Waals surface area contributed by atoms with Crippen molar-refractivity contribution >= 4 is 22.3 Å². The van der Waals surface area contributed by atoms with Crippen molar-refractivity contribution < 1.29 is 10.0 Å². The average molecular weight is 275 g/mol. The number of nitro benzene ring substituents is 1. The first-order chi connectivity index (χ1) is 9.44. The summed E-state index contributed by atoms with van der Waals surface area (Å²) in [7, 11) is 0. The Hall–Kier alpha value is -2.21. The molecular weight excluding hydrogens is 258 g/mol. The summed E-state index contributed by atoms with van der Waals surface area (Å²) in [6.07, 6.45) is 2.20. The first-order valence-electron chi connectivity index (χ1n) is 6.43. The number of anilines is 1. The predicted molar refractivity (Wildman–Crippen MR) is 77.8 cm³/mol. The van der Waals surface area contributed by atoms with Crippen LogP contribution in [0.1, 0.15) is 20.3 Å². The number of nitrogens with one attached hydrogen (secondary N) is 1. The van der Waals surface area contributed by atoms with E-state index in [0.717, 1.165) is 0 Å². The smallest absolute Gasteiger partial charge is 0.278 e. The zero-order valence-corrected chi connectivity index (χ0v) is 11.5. The maximum Gasteiger partial charge on any atom is 0.278 e. The lowest BCUT2D eigenvalue weighted by atomic mass is 10.0. The van der Waals surface area contributed by atoms with Crippen LogP contribution >= 0.6 is 0 Å². The highest BCUT2D eigenvalue weighted by molar-refractivity contribution is 5.96. The fraction of sp³-hybridized carbons (Fsp3) is 0.357. The van der Waals surface area contributed by atoms with Gasteiger partial charge >= 0.3 is 0 Å². The summed E-state index contributed by atoms with van der Waals surface area (Å²) in [6, 6.07) is 6.41. The minimum absolute atomic E-state index is 0.0286. The maximum atomic E-state index is 11.0. The van der Waals surface area contributed by atoms with Crippen molar-refractivity contribution in [1.82, 2.24) is 4.98 Å². The summed E-state index contributed by atoms with van der Waals surface area (Å²) in [4.78, 5) is 14.8. The van der Waals surface area contributed by atoms with Gasteiger partial charge in [-0.1, -0.05) is 6.92 Å². The van der Waals surface area contributed by atoms with E-state index in [2.05, 4.69) is 10.3 Å². The van der Waals surface area contributed by atoms with Crippen LogP contribution in [0.25, 0.3) is 10.9 Å². The van der Waals surface area contributed by atoms with E-state index in [1.54, 1.807) is 31.3 Å². The number of aliphatic hydroxyl groups is 1. The SMILES string of the molecule is CC[C@](C)(O)CNc1ccc([N+](=O)[O-])c2cccnc12. The van der Waals surface area contributed by atoms with Crippen LogP contribution in [-0.2, 0) is 0 Å². The van der Waals surface area contributed by atoms with E-state index in [1.165, 1.54) is 6.07 Å². The monoisotopic (exact) mass is 275 g/mol. The second-order valence-corrected chi connectivity index (χ2v) is 4.99. The van der Waals surface area contributed by atoms with Crippen molar-refractivity contribution in [3.8, 4) is 0 Å². The number of aromatic nitrogens is 1. The van der Waals surface area contributed by atoms with Crippen molar-refractivity contribution in [2.24, 2.45) is 0 Å². The Kier molecular flexibility index (Phi) is 3.85. The number of hydrogen-bond donors (Lipinski definition) is 2. The predicted octanol–water partition coefficient (Wildman–Crippen LogP) is 2.72. The Balaban J connectivity index is 2.41. The standard InChI is InChI=1S/C14H17N3O3/c1-3-14(2,18)9-16-11-6-7-12(17(19)20)10-5-4-8-15-13(10)11/h4-8,16,18H,3,9H2,1-2H3/t14-/m0/s1. The highest BCUT2D eigenvalue weighted by Gasteiger charge is 2.19. The molecule has 1 aromatic carbocycles. The summed E-state index contributed by atoms with van der Waals surface area (Å²) in [6.45, 7) is 3.99. The fourth-order valence-electron chi connectivity index (χ4n) is 1.87. The van der Waals surface area contributed by atoms with Crippen LogP contribution in [0.15, 0.2) is 30.5 Å². The third-order valence-electron chi connectivity index (χ3n) is 3.36. The molecule has 0 aliphatic heterocycles. The molecule has 106 valence electrons. The van der Waals surface area contributed by atoms with Gasteiger partial charge in [0.05, 0.1) is 21.6 Å². The number of fused-ring (bicyclic) bond motifs is 1. The molecule has 6 heteroatoms. The summed E-state index contributed by atoms with van der Waals surface area (Å²) < 4.78 is 0. The first-order valence-corrected chi connectivity index (χ1v) is 6.43. The number of rotatable bonds is 5. The van der Waals surface area contributed by atoms with Gasteiger partial charge in [-0.3, -0.25) is 15.1 Å². The Morgan fingerprint density at radius 2 is 2.20 bits per heavy atom. The summed E-state index contributed by atoms with van der Waals surface area (Å²) in [5.74, 6) is 0. The van der Waals surface area contributed by atoms with E-state index >= 15 is 0 Å². The van der Waals surface area contributed by atoms with Crippen LogP contribution in [0.2, 0.25) is 0 Å². The molecule has 2 rings (SSSR count). The topological polar surface area (TPSA) is 88.3 Å². The van der Waals surface area contributed by atoms with Crippen molar-refractivity contribution in [3.05, 3.63) is 40.6 Å². The highest BCUT2D eigenvalue weighted by Crippen LogP contribution is 2.30. The van der Waals surface area contributed by atoms with Gasteiger partial charge in [0, 0.05) is 18.8 Å². The minimum Gasteiger partial charge on any atom is -0.388 e. The highest BCUT2D eigenvalue weighted by atomic mass is 16.6. The number of nitrogens with zero attached hydrogens (tertiary/aromatic N) is 2. The molecule has 0 aliphatic rings. The Bertz CT molecular complexity index is 641. The van der Waals surface area contributed by atoms with Gasteiger partial charge in [0.25, 0.3) is 5.69 Å². The second kappa shape index (κ2) is 5.42. The molecule has 6 nitrogen and oxygen atoms in total. The molecular formula is C14H17N3O3. The van der Waals surface area contributed by atoms with Gasteiger partial charge in [0.1, 0.15) is 5.52 Å². The molecule has 0 spiro atoms. The van der Waals surface area contributed by atoms with Crippen LogP contribution in [0.5, 0.6) is 0 Å². The minimum atomic E-state index is -0.830. The molecule has 1 aromatic heterocycles. The molecule has 0 amide bonds. The lowest BCUT2D eigenvalue weighted by Crippen LogP contribution is -2.32. The van der Waals surface area contributed by atoms with Gasteiger partial charge in [-0.2, -0.15) is 0 Å². The van der Waals surface area contributed by atoms with Crippen LogP contribution in [0.4, 0.5) is 11.4 Å². The number of pyridine rings is 1. The zero-order chi connectivity index (χ0) is 14.8.